The van der Waals surface area contributed by atoms with Crippen molar-refractivity contribution in [3.8, 4) is 0 Å². The Kier molecular flexibility index (Phi) is 20.8. The number of carboxylic acids is 4. The number of β-amino-alcohol motifs (C(OH)–C–C–N with tert-alkyl or cyclic N) is 1. The van der Waals surface area contributed by atoms with E-state index in [2.05, 4.69) is 16.0 Å². The van der Waals surface area contributed by atoms with Gasteiger partial charge in [-0.3, -0.25) is 28.8 Å². The molecule has 1 heterocycles. The maximum Gasteiger partial charge on any atom is 0.326 e. The van der Waals surface area contributed by atoms with Crippen molar-refractivity contribution in [1.29, 1.82) is 0 Å². The molecule has 17 nitrogen and oxygen atoms in total. The first-order valence-electron chi connectivity index (χ1n) is 11.8. The van der Waals surface area contributed by atoms with Crippen LogP contribution in [0.2, 0.25) is 0 Å². The molecule has 4 atom stereocenters. The second-order valence-corrected chi connectivity index (χ2v) is 8.74. The molecule has 0 aromatic heterocycles. The number of aliphatic hydroxyl groups excluding tert-OH is 1. The van der Waals surface area contributed by atoms with Crippen LogP contribution in [0.15, 0.2) is 0 Å². The first kappa shape index (κ1) is 40.2. The highest BCUT2D eigenvalue weighted by molar-refractivity contribution is 5.83. The average molecular weight is 581 g/mol. The zero-order chi connectivity index (χ0) is 32.3. The van der Waals surface area contributed by atoms with Crippen LogP contribution in [-0.4, -0.2) is 115 Å². The van der Waals surface area contributed by atoms with E-state index in [1.54, 1.807) is 13.8 Å². The molecule has 1 aliphatic rings. The van der Waals surface area contributed by atoms with Crippen LogP contribution in [0, 0.1) is 5.92 Å². The molecule has 1 fully saturated rings. The summed E-state index contributed by atoms with van der Waals surface area (Å²) in [7, 11) is 0. The number of hydrogen-bond acceptors (Lipinski definition) is 9. The van der Waals surface area contributed by atoms with Crippen LogP contribution in [0.1, 0.15) is 54.9 Å². The van der Waals surface area contributed by atoms with Crippen molar-refractivity contribution in [2.45, 2.75) is 79.1 Å². The van der Waals surface area contributed by atoms with E-state index in [9.17, 15) is 38.4 Å². The molecule has 230 valence electrons. The Bertz CT molecular complexity index is 871. The van der Waals surface area contributed by atoms with Gasteiger partial charge in [0.25, 0.3) is 0 Å². The lowest BCUT2D eigenvalue weighted by molar-refractivity contribution is -0.147. The van der Waals surface area contributed by atoms with E-state index in [0.717, 1.165) is 0 Å². The highest BCUT2D eigenvalue weighted by atomic mass is 16.4. The molecule has 0 unspecified atom stereocenters. The van der Waals surface area contributed by atoms with Gasteiger partial charge in [0.05, 0.1) is 6.10 Å². The molecule has 1 rings (SSSR count). The monoisotopic (exact) mass is 580 g/mol. The molecular formula is C23H40N4O13. The van der Waals surface area contributed by atoms with Crippen molar-refractivity contribution in [2.24, 2.45) is 5.92 Å². The smallest absolute Gasteiger partial charge is 0.326 e. The Morgan fingerprint density at radius 1 is 0.775 bits per heavy atom. The first-order chi connectivity index (χ1) is 18.1. The van der Waals surface area contributed by atoms with Crippen LogP contribution < -0.4 is 16.0 Å². The predicted octanol–water partition coefficient (Wildman–Crippen LogP) is -1.91. The molecule has 0 spiro atoms. The fourth-order valence-electron chi connectivity index (χ4n) is 2.70. The summed E-state index contributed by atoms with van der Waals surface area (Å²) < 4.78 is 0. The maximum absolute atomic E-state index is 10.9. The van der Waals surface area contributed by atoms with Crippen molar-refractivity contribution in [3.05, 3.63) is 0 Å². The number of carbonyl (C=O) groups is 8. The van der Waals surface area contributed by atoms with Crippen LogP contribution in [0.25, 0.3) is 0 Å². The second-order valence-electron chi connectivity index (χ2n) is 8.74. The molecule has 0 radical (unpaired) electrons. The van der Waals surface area contributed by atoms with Gasteiger partial charge in [0.15, 0.2) is 0 Å². The Morgan fingerprint density at radius 3 is 1.43 bits per heavy atom. The lowest BCUT2D eigenvalue weighted by Gasteiger charge is -2.18. The van der Waals surface area contributed by atoms with Gasteiger partial charge in [-0.2, -0.15) is 0 Å². The number of aliphatic carboxylic acids is 4. The van der Waals surface area contributed by atoms with Gasteiger partial charge >= 0.3 is 23.9 Å². The molecule has 0 aromatic carbocycles. The van der Waals surface area contributed by atoms with Gasteiger partial charge in [0, 0.05) is 40.7 Å². The molecule has 1 saturated heterocycles. The van der Waals surface area contributed by atoms with Gasteiger partial charge in [-0.1, -0.05) is 13.8 Å². The molecular weight excluding hydrogens is 540 g/mol. The summed E-state index contributed by atoms with van der Waals surface area (Å²) in [6, 6.07) is -2.41. The summed E-state index contributed by atoms with van der Waals surface area (Å²) >= 11 is 0. The minimum absolute atomic E-state index is 0.0867. The molecule has 0 aliphatic carbocycles. The fraction of sp³-hybridized carbons (Fsp3) is 0.652. The summed E-state index contributed by atoms with van der Waals surface area (Å²) in [6.45, 7) is 9.88. The SMILES string of the molecule is CC(=O)N1C[C@H](O)C[C@H]1C(=O)O.CC(=O)NCC(=O)O.CC(=O)N[C@@H](C)C(=O)O.CC(=O)N[C@H](C(=O)O)C(C)C. The minimum Gasteiger partial charge on any atom is -0.480 e. The third-order valence-corrected chi connectivity index (χ3v) is 4.54. The number of carboxylic acid groups (broad SMARTS) is 4. The van der Waals surface area contributed by atoms with Crippen molar-refractivity contribution < 1.29 is 63.9 Å². The summed E-state index contributed by atoms with van der Waals surface area (Å²) in [5.74, 6) is -5.46. The standard InChI is InChI=1S/C7H11NO4.C7H13NO3.C5H9NO3.C4H7NO3/c1-4(9)8-3-5(10)2-6(8)7(11)12;1-4(2)6(7(10)11)8-5(3)9;1-3(5(8)9)6-4(2)7;1-3(6)5-2-4(7)8/h5-6,10H,2-3H2,1H3,(H,11,12);4,6H,1-3H3,(H,8,9)(H,10,11);3H,1-2H3,(H,6,7)(H,8,9);2H2,1H3,(H,5,6)(H,7,8)/t5-,6+;6-;3-;/m100./s1. The van der Waals surface area contributed by atoms with Gasteiger partial charge in [0.2, 0.25) is 23.6 Å². The lowest BCUT2D eigenvalue weighted by Crippen LogP contribution is -2.43. The molecule has 0 saturated carbocycles. The second kappa shape index (κ2) is 20.7. The number of aliphatic hydroxyl groups is 1. The van der Waals surface area contributed by atoms with Crippen LogP contribution in [0.3, 0.4) is 0 Å². The van der Waals surface area contributed by atoms with E-state index in [1.807, 2.05) is 0 Å². The summed E-state index contributed by atoms with van der Waals surface area (Å²) in [5.41, 5.74) is 0. The normalized spacial score (nSPS) is 16.6. The minimum atomic E-state index is -1.05. The van der Waals surface area contributed by atoms with Crippen molar-refractivity contribution in [2.75, 3.05) is 13.1 Å². The van der Waals surface area contributed by atoms with Gasteiger partial charge in [0.1, 0.15) is 24.7 Å². The van der Waals surface area contributed by atoms with E-state index >= 15 is 0 Å². The Morgan fingerprint density at radius 2 is 1.25 bits per heavy atom. The summed E-state index contributed by atoms with van der Waals surface area (Å²) in [5, 5.41) is 49.1. The number of rotatable bonds is 8. The third-order valence-electron chi connectivity index (χ3n) is 4.54. The lowest BCUT2D eigenvalue weighted by atomic mass is 10.1. The number of nitrogens with zero attached hydrogens (tertiary/aromatic N) is 1. The Labute approximate surface area is 230 Å². The molecule has 0 bridgehead atoms. The summed E-state index contributed by atoms with van der Waals surface area (Å²) in [4.78, 5) is 83.4. The number of nitrogens with one attached hydrogen (secondary N) is 3. The van der Waals surface area contributed by atoms with Crippen LogP contribution in [-0.2, 0) is 38.4 Å². The zero-order valence-electron chi connectivity index (χ0n) is 23.5. The Balaban J connectivity index is -0.000000463. The van der Waals surface area contributed by atoms with Gasteiger partial charge in [-0.25, -0.2) is 9.59 Å². The predicted molar refractivity (Wildman–Crippen MR) is 137 cm³/mol. The van der Waals surface area contributed by atoms with E-state index in [1.165, 1.54) is 39.5 Å². The number of hydrogen-bond donors (Lipinski definition) is 8. The summed E-state index contributed by atoms with van der Waals surface area (Å²) in [6.07, 6.45) is -0.565. The largest absolute Gasteiger partial charge is 0.480 e. The highest BCUT2D eigenvalue weighted by Crippen LogP contribution is 2.17. The highest BCUT2D eigenvalue weighted by Gasteiger charge is 2.37. The molecule has 1 aliphatic heterocycles. The molecule has 40 heavy (non-hydrogen) atoms. The van der Waals surface area contributed by atoms with Gasteiger partial charge in [-0.15, -0.1) is 0 Å². The molecule has 0 aromatic rings. The van der Waals surface area contributed by atoms with E-state index < -0.39 is 48.1 Å². The Hall–Kier alpha value is -4.28. The van der Waals surface area contributed by atoms with E-state index in [-0.39, 0.29) is 49.1 Å². The zero-order valence-corrected chi connectivity index (χ0v) is 23.5. The van der Waals surface area contributed by atoms with Gasteiger partial charge in [-0.05, 0) is 12.8 Å². The fourth-order valence-corrected chi connectivity index (χ4v) is 2.70. The van der Waals surface area contributed by atoms with E-state index in [4.69, 9.17) is 25.5 Å². The third kappa shape index (κ3) is 21.8. The molecule has 17 heteroatoms. The topological polar surface area (TPSA) is 277 Å². The van der Waals surface area contributed by atoms with Crippen molar-refractivity contribution >= 4 is 47.5 Å². The quantitative estimate of drug-likeness (QED) is 0.156. The van der Waals surface area contributed by atoms with Crippen LogP contribution in [0.5, 0.6) is 0 Å². The number of likely N-dealkylation sites (tertiary alicyclic amines) is 1. The van der Waals surface area contributed by atoms with Gasteiger partial charge < -0.3 is 46.4 Å². The van der Waals surface area contributed by atoms with Crippen molar-refractivity contribution in [1.82, 2.24) is 20.9 Å². The first-order valence-corrected chi connectivity index (χ1v) is 11.8. The number of carbonyl (C=O) groups excluding carboxylic acids is 4. The molecule has 8 N–H and O–H groups in total. The number of amides is 4. The average Bonchev–Trinajstić information content (AvgIpc) is 3.19. The maximum atomic E-state index is 10.9. The van der Waals surface area contributed by atoms with Crippen LogP contribution in [0.4, 0.5) is 0 Å². The van der Waals surface area contributed by atoms with Crippen molar-refractivity contribution in [3.63, 3.8) is 0 Å². The van der Waals surface area contributed by atoms with Crippen LogP contribution >= 0.6 is 0 Å². The van der Waals surface area contributed by atoms with E-state index in [0.29, 0.717) is 0 Å². The molecule has 4 amide bonds.